The Kier molecular flexibility index (Phi) is 24.4. The molecule has 1 atom stereocenters. The van der Waals surface area contributed by atoms with Crippen LogP contribution in [0.1, 0.15) is 149 Å². The van der Waals surface area contributed by atoms with Crippen molar-refractivity contribution in [3.8, 4) is 0 Å². The maximum atomic E-state index is 13.5. The van der Waals surface area contributed by atoms with Gasteiger partial charge in [-0.2, -0.15) is 0 Å². The van der Waals surface area contributed by atoms with E-state index in [4.69, 9.17) is 0 Å². The molecular weight excluding hydrogens is 916 g/mol. The average Bonchev–Trinajstić information content (AvgIpc) is 3.92. The van der Waals surface area contributed by atoms with Crippen molar-refractivity contribution in [1.82, 2.24) is 49.0 Å². The Balaban J connectivity index is 0.000000201. The molecule has 8 aliphatic rings. The molecule has 1 unspecified atom stereocenters. The number of hydrogen-bond acceptors (Lipinski definition) is 10. The lowest BCUT2D eigenvalue weighted by atomic mass is 9.65. The van der Waals surface area contributed by atoms with Crippen molar-refractivity contribution in [2.45, 2.75) is 179 Å². The molecule has 0 bridgehead atoms. The fraction of sp³-hybridized carbons (Fsp3) is 1.00. The number of hydrogen-bond donors (Lipinski definition) is 0. The second kappa shape index (κ2) is 27.3. The van der Waals surface area contributed by atoms with Crippen LogP contribution in [0.5, 0.6) is 0 Å². The van der Waals surface area contributed by atoms with Crippen molar-refractivity contribution in [3.05, 3.63) is 0 Å². The summed E-state index contributed by atoms with van der Waals surface area (Å²) in [7, 11) is 19.3. The van der Waals surface area contributed by atoms with Crippen molar-refractivity contribution in [2.75, 3.05) is 175 Å². The van der Waals surface area contributed by atoms with Crippen LogP contribution in [0.4, 0.5) is 4.39 Å². The molecule has 8 rings (SSSR count). The molecule has 2 aliphatic carbocycles. The molecule has 6 saturated heterocycles. The monoisotopic (exact) mass is 1050 g/mol. The molecular formula is C63H129FN10. The summed E-state index contributed by atoms with van der Waals surface area (Å²) >= 11 is 0. The second-order valence-electron chi connectivity index (χ2n) is 32.2. The van der Waals surface area contributed by atoms with Crippen LogP contribution in [0.2, 0.25) is 0 Å². The molecule has 0 aromatic rings. The van der Waals surface area contributed by atoms with Crippen LogP contribution in [-0.2, 0) is 0 Å². The number of likely N-dealkylation sites (N-methyl/N-ethyl adjacent to an activating group) is 3. The Labute approximate surface area is 461 Å². The van der Waals surface area contributed by atoms with E-state index in [0.29, 0.717) is 45.7 Å². The minimum atomic E-state index is -0.707. The van der Waals surface area contributed by atoms with Crippen molar-refractivity contribution in [3.63, 3.8) is 0 Å². The van der Waals surface area contributed by atoms with Gasteiger partial charge in [0.05, 0.1) is 0 Å². The van der Waals surface area contributed by atoms with Gasteiger partial charge in [0.1, 0.15) is 6.17 Å². The Morgan fingerprint density at radius 1 is 0.486 bits per heavy atom. The van der Waals surface area contributed by atoms with E-state index in [1.165, 1.54) is 130 Å². The van der Waals surface area contributed by atoms with Gasteiger partial charge in [-0.1, -0.05) is 104 Å². The van der Waals surface area contributed by atoms with Gasteiger partial charge >= 0.3 is 0 Å². The number of piperidine rings is 1. The quantitative estimate of drug-likeness (QED) is 0.168. The molecule has 2 saturated carbocycles. The number of alkyl halides is 1. The molecule has 6 aliphatic heterocycles. The van der Waals surface area contributed by atoms with Crippen molar-refractivity contribution in [2.24, 2.45) is 56.7 Å². The van der Waals surface area contributed by atoms with Crippen LogP contribution in [0.15, 0.2) is 0 Å². The fourth-order valence-corrected chi connectivity index (χ4v) is 11.9. The lowest BCUT2D eigenvalue weighted by molar-refractivity contribution is -0.0543. The van der Waals surface area contributed by atoms with Crippen molar-refractivity contribution >= 4 is 0 Å². The first kappa shape index (κ1) is 66.0. The smallest absolute Gasteiger partial charge is 0.125 e. The van der Waals surface area contributed by atoms with Gasteiger partial charge in [-0.15, -0.1) is 0 Å². The first-order valence-corrected chi connectivity index (χ1v) is 30.5. The molecule has 438 valence electrons. The van der Waals surface area contributed by atoms with Gasteiger partial charge in [0.25, 0.3) is 0 Å². The molecule has 0 aromatic carbocycles. The lowest BCUT2D eigenvalue weighted by Crippen LogP contribution is -2.65. The van der Waals surface area contributed by atoms with Gasteiger partial charge in [-0.05, 0) is 185 Å². The molecule has 10 nitrogen and oxygen atoms in total. The highest BCUT2D eigenvalue weighted by Crippen LogP contribution is 2.45. The largest absolute Gasteiger partial charge is 0.308 e. The zero-order valence-electron chi connectivity index (χ0n) is 54.0. The molecule has 0 aromatic heterocycles. The standard InChI is InChI=1S/C14H28N2.C13H26N2.C13H28N2.C12H25FN2.C11H22N2/c1-13(2,3)12-10-16(11-12)9-8-14(6-7-14)15(4)5;1-13(2,3)11-9-15(10-11)12-5-7-14(4)8-6-12;1-13(2,3)11-9-12(10-11)15(6)8-7-14(4)5;1-12(2,3)10-6-15(7-10)9-11(13)8-14(4)5;1-11(2,3)9-5-13(6-9)10-7-12(4)8-10/h12H,6-11H2,1-5H3;11-12H,5-10H2,1-4H3;11-12H,7-10H2,1-6H3;10-11H,6-9H2,1-5H3;9-10H,5-8H2,1-4H3. The Hall–Kier alpha value is -0.470. The maximum absolute atomic E-state index is 13.5. The van der Waals surface area contributed by atoms with Crippen molar-refractivity contribution < 1.29 is 4.39 Å². The van der Waals surface area contributed by atoms with E-state index in [9.17, 15) is 4.39 Å². The molecule has 11 heteroatoms. The summed E-state index contributed by atoms with van der Waals surface area (Å²) in [4.78, 5) is 24.2. The third kappa shape index (κ3) is 21.2. The number of likely N-dealkylation sites (tertiary alicyclic amines) is 6. The van der Waals surface area contributed by atoms with Crippen LogP contribution in [-0.4, -0.2) is 254 Å². The molecule has 0 N–H and O–H groups in total. The van der Waals surface area contributed by atoms with Crippen LogP contribution < -0.4 is 0 Å². The first-order valence-electron chi connectivity index (χ1n) is 30.5. The van der Waals surface area contributed by atoms with E-state index in [-0.39, 0.29) is 0 Å². The molecule has 0 spiro atoms. The highest BCUT2D eigenvalue weighted by Gasteiger charge is 2.46. The SMILES string of the molecule is CN(C)C1(CCN2CC(C(C)(C)C)C2)CC1.CN(C)CC(F)CN1CC(C(C)(C)C)C1.CN(C)CCN(C)C1CC(C(C)(C)C)C1.CN1CC(N2CC(C(C)(C)C)C2)C1.CN1CCC(N2CC(C(C)(C)C)C2)CC1. The van der Waals surface area contributed by atoms with E-state index in [2.05, 4.69) is 197 Å². The van der Waals surface area contributed by atoms with E-state index >= 15 is 0 Å². The fourth-order valence-electron chi connectivity index (χ4n) is 11.9. The van der Waals surface area contributed by atoms with Crippen LogP contribution in [0.3, 0.4) is 0 Å². The summed E-state index contributed by atoms with van der Waals surface area (Å²) in [6.45, 7) is 55.4. The number of halogens is 1. The Morgan fingerprint density at radius 3 is 1.26 bits per heavy atom. The highest BCUT2D eigenvalue weighted by atomic mass is 19.1. The van der Waals surface area contributed by atoms with Gasteiger partial charge in [0, 0.05) is 115 Å². The van der Waals surface area contributed by atoms with Gasteiger partial charge in [0.15, 0.2) is 0 Å². The summed E-state index contributed by atoms with van der Waals surface area (Å²) in [5, 5.41) is 0. The van der Waals surface area contributed by atoms with Crippen LogP contribution in [0, 0.1) is 56.7 Å². The van der Waals surface area contributed by atoms with E-state index < -0.39 is 6.17 Å². The zero-order chi connectivity index (χ0) is 55.9. The predicted molar refractivity (Wildman–Crippen MR) is 320 cm³/mol. The minimum Gasteiger partial charge on any atom is -0.308 e. The summed E-state index contributed by atoms with van der Waals surface area (Å²) in [6.07, 6.45) is 9.05. The molecule has 0 amide bonds. The maximum Gasteiger partial charge on any atom is 0.125 e. The summed E-state index contributed by atoms with van der Waals surface area (Å²) in [5.74, 6) is 4.45. The van der Waals surface area contributed by atoms with Crippen molar-refractivity contribution in [1.29, 1.82) is 0 Å². The molecule has 8 fully saturated rings. The third-order valence-corrected chi connectivity index (χ3v) is 19.9. The van der Waals surface area contributed by atoms with E-state index in [1.54, 1.807) is 0 Å². The van der Waals surface area contributed by atoms with Gasteiger partial charge in [-0.3, -0.25) is 14.7 Å². The summed E-state index contributed by atoms with van der Waals surface area (Å²) in [6, 6.07) is 2.61. The molecule has 74 heavy (non-hydrogen) atoms. The van der Waals surface area contributed by atoms with Crippen LogP contribution >= 0.6 is 0 Å². The number of nitrogens with zero attached hydrogens (tertiary/aromatic N) is 10. The zero-order valence-corrected chi connectivity index (χ0v) is 54.0. The summed E-state index contributed by atoms with van der Waals surface area (Å²) in [5.41, 5.74) is 3.01. The first-order chi connectivity index (χ1) is 33.9. The number of rotatable bonds is 14. The normalized spacial score (nSPS) is 26.2. The molecule has 0 radical (unpaired) electrons. The second-order valence-corrected chi connectivity index (χ2v) is 32.2. The lowest BCUT2D eigenvalue weighted by Gasteiger charge is -2.54. The Morgan fingerprint density at radius 2 is 0.892 bits per heavy atom. The van der Waals surface area contributed by atoms with Gasteiger partial charge in [0.2, 0.25) is 0 Å². The minimum absolute atomic E-state index is 0.379. The van der Waals surface area contributed by atoms with E-state index in [0.717, 1.165) is 60.8 Å². The Bertz CT molecular complexity index is 1550. The topological polar surface area (TPSA) is 32.4 Å². The van der Waals surface area contributed by atoms with E-state index in [1.807, 2.05) is 19.0 Å². The van der Waals surface area contributed by atoms with Crippen LogP contribution in [0.25, 0.3) is 0 Å². The predicted octanol–water partition coefficient (Wildman–Crippen LogP) is 9.95. The summed E-state index contributed by atoms with van der Waals surface area (Å²) < 4.78 is 13.5. The van der Waals surface area contributed by atoms with Gasteiger partial charge < -0.3 is 34.3 Å². The molecule has 6 heterocycles. The average molecular weight is 1050 g/mol. The highest BCUT2D eigenvalue weighted by molar-refractivity contribution is 5.03. The third-order valence-electron chi connectivity index (χ3n) is 19.9. The van der Waals surface area contributed by atoms with Gasteiger partial charge in [-0.25, -0.2) is 4.39 Å².